The van der Waals surface area contributed by atoms with Crippen LogP contribution in [0.1, 0.15) is 50.2 Å². The van der Waals surface area contributed by atoms with E-state index in [0.29, 0.717) is 0 Å². The maximum atomic E-state index is 3.47. The summed E-state index contributed by atoms with van der Waals surface area (Å²) >= 11 is 0. The van der Waals surface area contributed by atoms with Gasteiger partial charge >= 0.3 is 0 Å². The SMILES string of the molecule is CCNCc1ccccc1CN1CCC2CCCCC2C1. The molecule has 2 aliphatic rings. The summed E-state index contributed by atoms with van der Waals surface area (Å²) in [7, 11) is 0. The van der Waals surface area contributed by atoms with Gasteiger partial charge < -0.3 is 5.32 Å². The van der Waals surface area contributed by atoms with Crippen LogP contribution in [0.5, 0.6) is 0 Å². The van der Waals surface area contributed by atoms with Crippen LogP contribution in [-0.2, 0) is 13.1 Å². The van der Waals surface area contributed by atoms with Crippen molar-refractivity contribution in [3.05, 3.63) is 35.4 Å². The number of piperidine rings is 1. The lowest BCUT2D eigenvalue weighted by atomic mass is 9.75. The van der Waals surface area contributed by atoms with Crippen molar-refractivity contribution in [2.75, 3.05) is 19.6 Å². The number of likely N-dealkylation sites (tertiary alicyclic amines) is 1. The number of benzene rings is 1. The van der Waals surface area contributed by atoms with E-state index < -0.39 is 0 Å². The summed E-state index contributed by atoms with van der Waals surface area (Å²) in [5, 5.41) is 3.47. The number of rotatable bonds is 5. The number of hydrogen-bond donors (Lipinski definition) is 1. The van der Waals surface area contributed by atoms with Gasteiger partial charge in [0.2, 0.25) is 0 Å². The van der Waals surface area contributed by atoms with Gasteiger partial charge in [0.15, 0.2) is 0 Å². The zero-order valence-corrected chi connectivity index (χ0v) is 13.5. The van der Waals surface area contributed by atoms with Crippen LogP contribution < -0.4 is 5.32 Å². The van der Waals surface area contributed by atoms with Crippen molar-refractivity contribution in [2.24, 2.45) is 11.8 Å². The molecule has 2 heteroatoms. The summed E-state index contributed by atoms with van der Waals surface area (Å²) in [4.78, 5) is 2.71. The van der Waals surface area contributed by atoms with Crippen molar-refractivity contribution in [3.8, 4) is 0 Å². The Kier molecular flexibility index (Phi) is 5.32. The van der Waals surface area contributed by atoms with Crippen LogP contribution in [0, 0.1) is 11.8 Å². The van der Waals surface area contributed by atoms with Gasteiger partial charge in [-0.05, 0) is 48.9 Å². The molecule has 1 aliphatic heterocycles. The predicted molar refractivity (Wildman–Crippen MR) is 89.2 cm³/mol. The fraction of sp³-hybridized carbons (Fsp3) is 0.684. The topological polar surface area (TPSA) is 15.3 Å². The van der Waals surface area contributed by atoms with E-state index in [9.17, 15) is 0 Å². The van der Waals surface area contributed by atoms with Gasteiger partial charge in [0.1, 0.15) is 0 Å². The van der Waals surface area contributed by atoms with Crippen LogP contribution in [0.4, 0.5) is 0 Å². The summed E-state index contributed by atoms with van der Waals surface area (Å²) in [6.45, 7) is 8.01. The van der Waals surface area contributed by atoms with Crippen molar-refractivity contribution < 1.29 is 0 Å². The fourth-order valence-corrected chi connectivity index (χ4v) is 4.20. The molecule has 0 amide bonds. The van der Waals surface area contributed by atoms with E-state index in [4.69, 9.17) is 0 Å². The zero-order chi connectivity index (χ0) is 14.5. The highest BCUT2D eigenvalue weighted by atomic mass is 15.1. The molecule has 1 heterocycles. The molecule has 0 spiro atoms. The summed E-state index contributed by atoms with van der Waals surface area (Å²) in [5.74, 6) is 2.01. The molecule has 1 aromatic carbocycles. The van der Waals surface area contributed by atoms with Crippen LogP contribution in [0.15, 0.2) is 24.3 Å². The summed E-state index contributed by atoms with van der Waals surface area (Å²) < 4.78 is 0. The normalized spacial score (nSPS) is 26.5. The second kappa shape index (κ2) is 7.42. The molecule has 1 N–H and O–H groups in total. The standard InChI is InChI=1S/C19H30N2/c1-2-20-13-17-8-4-6-10-19(17)15-21-12-11-16-7-3-5-9-18(16)14-21/h4,6,8,10,16,18,20H,2-3,5,7,9,11-15H2,1H3. The lowest BCUT2D eigenvalue weighted by Crippen LogP contribution is -2.41. The van der Waals surface area contributed by atoms with Gasteiger partial charge in [-0.25, -0.2) is 0 Å². The molecule has 1 saturated heterocycles. The second-order valence-corrected chi connectivity index (χ2v) is 6.88. The van der Waals surface area contributed by atoms with E-state index in [1.54, 1.807) is 0 Å². The summed E-state index contributed by atoms with van der Waals surface area (Å²) in [6, 6.07) is 8.96. The quantitative estimate of drug-likeness (QED) is 0.885. The maximum Gasteiger partial charge on any atom is 0.0237 e. The fourth-order valence-electron chi connectivity index (χ4n) is 4.20. The summed E-state index contributed by atoms with van der Waals surface area (Å²) in [6.07, 6.45) is 7.34. The average molecular weight is 286 g/mol. The number of hydrogen-bond acceptors (Lipinski definition) is 2. The van der Waals surface area contributed by atoms with E-state index in [2.05, 4.69) is 41.4 Å². The Morgan fingerprint density at radius 1 is 1.05 bits per heavy atom. The third-order valence-corrected chi connectivity index (χ3v) is 5.45. The molecule has 0 bridgehead atoms. The molecule has 2 nitrogen and oxygen atoms in total. The Morgan fingerprint density at radius 2 is 1.81 bits per heavy atom. The van der Waals surface area contributed by atoms with Gasteiger partial charge in [-0.15, -0.1) is 0 Å². The Bertz CT molecular complexity index is 443. The highest BCUT2D eigenvalue weighted by Crippen LogP contribution is 2.36. The third kappa shape index (κ3) is 3.87. The first-order valence-corrected chi connectivity index (χ1v) is 8.86. The van der Waals surface area contributed by atoms with E-state index in [1.165, 1.54) is 56.3 Å². The third-order valence-electron chi connectivity index (χ3n) is 5.45. The molecule has 21 heavy (non-hydrogen) atoms. The first-order valence-electron chi connectivity index (χ1n) is 8.86. The lowest BCUT2D eigenvalue weighted by Gasteiger charge is -2.41. The molecule has 1 saturated carbocycles. The van der Waals surface area contributed by atoms with Crippen LogP contribution in [0.25, 0.3) is 0 Å². The molecular weight excluding hydrogens is 256 g/mol. The minimum atomic E-state index is 0.980. The average Bonchev–Trinajstić information content (AvgIpc) is 2.54. The first kappa shape index (κ1) is 15.1. The summed E-state index contributed by atoms with van der Waals surface area (Å²) in [5.41, 5.74) is 3.00. The van der Waals surface area contributed by atoms with Gasteiger partial charge in [0, 0.05) is 19.6 Å². The highest BCUT2D eigenvalue weighted by Gasteiger charge is 2.30. The van der Waals surface area contributed by atoms with Crippen molar-refractivity contribution >= 4 is 0 Å². The van der Waals surface area contributed by atoms with Crippen LogP contribution in [0.3, 0.4) is 0 Å². The molecule has 2 atom stereocenters. The second-order valence-electron chi connectivity index (χ2n) is 6.88. The van der Waals surface area contributed by atoms with Gasteiger partial charge in [0.05, 0.1) is 0 Å². The van der Waals surface area contributed by atoms with Crippen molar-refractivity contribution in [2.45, 2.75) is 52.1 Å². The number of nitrogens with zero attached hydrogens (tertiary/aromatic N) is 1. The smallest absolute Gasteiger partial charge is 0.0237 e. The van der Waals surface area contributed by atoms with Crippen molar-refractivity contribution in [1.29, 1.82) is 0 Å². The highest BCUT2D eigenvalue weighted by molar-refractivity contribution is 5.27. The van der Waals surface area contributed by atoms with Crippen LogP contribution in [0.2, 0.25) is 0 Å². The molecular formula is C19H30N2. The lowest BCUT2D eigenvalue weighted by molar-refractivity contribution is 0.0818. The largest absolute Gasteiger partial charge is 0.313 e. The molecule has 3 rings (SSSR count). The number of fused-ring (bicyclic) bond motifs is 1. The van der Waals surface area contributed by atoms with Crippen molar-refractivity contribution in [1.82, 2.24) is 10.2 Å². The Balaban J connectivity index is 1.61. The molecule has 116 valence electrons. The molecule has 2 unspecified atom stereocenters. The minimum Gasteiger partial charge on any atom is -0.313 e. The van der Waals surface area contributed by atoms with E-state index in [1.807, 2.05) is 0 Å². The first-order chi connectivity index (χ1) is 10.4. The van der Waals surface area contributed by atoms with Gasteiger partial charge in [-0.2, -0.15) is 0 Å². The minimum absolute atomic E-state index is 0.980. The molecule has 0 radical (unpaired) electrons. The van der Waals surface area contributed by atoms with E-state index in [0.717, 1.165) is 31.5 Å². The molecule has 0 aromatic heterocycles. The molecule has 1 aromatic rings. The van der Waals surface area contributed by atoms with Gasteiger partial charge in [-0.1, -0.05) is 50.5 Å². The predicted octanol–water partition coefficient (Wildman–Crippen LogP) is 3.81. The van der Waals surface area contributed by atoms with Crippen LogP contribution >= 0.6 is 0 Å². The zero-order valence-electron chi connectivity index (χ0n) is 13.5. The Hall–Kier alpha value is -0.860. The van der Waals surface area contributed by atoms with Gasteiger partial charge in [0.25, 0.3) is 0 Å². The Labute approximate surface area is 129 Å². The molecule has 1 aliphatic carbocycles. The monoisotopic (exact) mass is 286 g/mol. The maximum absolute atomic E-state index is 3.47. The Morgan fingerprint density at radius 3 is 2.62 bits per heavy atom. The van der Waals surface area contributed by atoms with Crippen molar-refractivity contribution in [3.63, 3.8) is 0 Å². The van der Waals surface area contributed by atoms with Gasteiger partial charge in [-0.3, -0.25) is 4.90 Å². The van der Waals surface area contributed by atoms with E-state index >= 15 is 0 Å². The number of nitrogens with one attached hydrogen (secondary N) is 1. The van der Waals surface area contributed by atoms with E-state index in [-0.39, 0.29) is 0 Å². The van der Waals surface area contributed by atoms with Crippen LogP contribution in [-0.4, -0.2) is 24.5 Å². The molecule has 2 fully saturated rings.